The first-order valence-electron chi connectivity index (χ1n) is 5.91. The summed E-state index contributed by atoms with van der Waals surface area (Å²) in [4.78, 5) is 0. The number of halogens is 1. The monoisotopic (exact) mass is 261 g/mol. The van der Waals surface area contributed by atoms with E-state index in [4.69, 9.17) is 16.3 Å². The molecule has 0 aliphatic carbocycles. The SMILES string of the molecule is COc1cc(CCNc2ccccc2)ccc1Cl. The summed E-state index contributed by atoms with van der Waals surface area (Å²) in [5, 5.41) is 4.02. The van der Waals surface area contributed by atoms with E-state index in [1.165, 1.54) is 5.56 Å². The first-order chi connectivity index (χ1) is 8.79. The van der Waals surface area contributed by atoms with Gasteiger partial charge >= 0.3 is 0 Å². The Labute approximate surface area is 113 Å². The summed E-state index contributed by atoms with van der Waals surface area (Å²) in [6, 6.07) is 16.0. The first kappa shape index (κ1) is 12.8. The van der Waals surface area contributed by atoms with E-state index in [-0.39, 0.29) is 0 Å². The average molecular weight is 262 g/mol. The Bertz CT molecular complexity index is 499. The third kappa shape index (κ3) is 3.41. The van der Waals surface area contributed by atoms with Crippen LogP contribution in [0.4, 0.5) is 5.69 Å². The predicted octanol–water partition coefficient (Wildman–Crippen LogP) is 4.00. The van der Waals surface area contributed by atoms with Gasteiger partial charge in [-0.1, -0.05) is 35.9 Å². The van der Waals surface area contributed by atoms with E-state index in [0.717, 1.165) is 24.4 Å². The number of anilines is 1. The van der Waals surface area contributed by atoms with Crippen LogP contribution < -0.4 is 10.1 Å². The Morgan fingerprint density at radius 3 is 2.61 bits per heavy atom. The van der Waals surface area contributed by atoms with Gasteiger partial charge in [-0.25, -0.2) is 0 Å². The molecule has 0 amide bonds. The minimum absolute atomic E-state index is 0.650. The lowest BCUT2D eigenvalue weighted by Crippen LogP contribution is -2.04. The van der Waals surface area contributed by atoms with E-state index in [9.17, 15) is 0 Å². The number of hydrogen-bond acceptors (Lipinski definition) is 2. The second kappa shape index (κ2) is 6.31. The smallest absolute Gasteiger partial charge is 0.137 e. The Balaban J connectivity index is 1.91. The van der Waals surface area contributed by atoms with Crippen LogP contribution in [0.2, 0.25) is 5.02 Å². The Morgan fingerprint density at radius 2 is 1.89 bits per heavy atom. The fourth-order valence-electron chi connectivity index (χ4n) is 1.77. The van der Waals surface area contributed by atoms with Crippen LogP contribution >= 0.6 is 11.6 Å². The third-order valence-electron chi connectivity index (χ3n) is 2.73. The molecule has 0 unspecified atom stereocenters. The van der Waals surface area contributed by atoms with Gasteiger partial charge in [0.1, 0.15) is 5.75 Å². The van der Waals surface area contributed by atoms with Crippen LogP contribution in [0.1, 0.15) is 5.56 Å². The highest BCUT2D eigenvalue weighted by molar-refractivity contribution is 6.32. The maximum absolute atomic E-state index is 5.99. The molecule has 3 heteroatoms. The molecule has 0 bridgehead atoms. The largest absolute Gasteiger partial charge is 0.495 e. The van der Waals surface area contributed by atoms with Crippen molar-refractivity contribution >= 4 is 17.3 Å². The molecule has 0 heterocycles. The first-order valence-corrected chi connectivity index (χ1v) is 6.29. The molecule has 0 aliphatic rings. The summed E-state index contributed by atoms with van der Waals surface area (Å²) in [6.45, 7) is 0.884. The van der Waals surface area contributed by atoms with Crippen molar-refractivity contribution in [2.24, 2.45) is 0 Å². The highest BCUT2D eigenvalue weighted by Gasteiger charge is 2.01. The highest BCUT2D eigenvalue weighted by atomic mass is 35.5. The lowest BCUT2D eigenvalue weighted by atomic mass is 10.1. The Hall–Kier alpha value is -1.67. The van der Waals surface area contributed by atoms with Crippen molar-refractivity contribution < 1.29 is 4.74 Å². The molecule has 0 saturated heterocycles. The van der Waals surface area contributed by atoms with E-state index in [2.05, 4.69) is 17.4 Å². The van der Waals surface area contributed by atoms with Gasteiger partial charge < -0.3 is 10.1 Å². The topological polar surface area (TPSA) is 21.3 Å². The normalized spacial score (nSPS) is 10.1. The molecule has 0 saturated carbocycles. The zero-order chi connectivity index (χ0) is 12.8. The van der Waals surface area contributed by atoms with Gasteiger partial charge in [0.15, 0.2) is 0 Å². The zero-order valence-electron chi connectivity index (χ0n) is 10.3. The van der Waals surface area contributed by atoms with Crippen molar-refractivity contribution in [2.75, 3.05) is 19.0 Å². The maximum atomic E-state index is 5.99. The van der Waals surface area contributed by atoms with Crippen LogP contribution in [0.25, 0.3) is 0 Å². The molecule has 0 spiro atoms. The minimum Gasteiger partial charge on any atom is -0.495 e. The predicted molar refractivity (Wildman–Crippen MR) is 76.6 cm³/mol. The standard InChI is InChI=1S/C15H16ClNO/c1-18-15-11-12(7-8-14(15)16)9-10-17-13-5-3-2-4-6-13/h2-8,11,17H,9-10H2,1H3. The quantitative estimate of drug-likeness (QED) is 0.878. The van der Waals surface area contributed by atoms with E-state index in [0.29, 0.717) is 5.02 Å². The molecule has 0 aliphatic heterocycles. The van der Waals surface area contributed by atoms with Gasteiger partial charge in [-0.05, 0) is 36.2 Å². The Morgan fingerprint density at radius 1 is 1.11 bits per heavy atom. The van der Waals surface area contributed by atoms with Crippen LogP contribution in [-0.4, -0.2) is 13.7 Å². The van der Waals surface area contributed by atoms with Crippen molar-refractivity contribution in [2.45, 2.75) is 6.42 Å². The van der Waals surface area contributed by atoms with Gasteiger partial charge in [0, 0.05) is 12.2 Å². The molecule has 0 aromatic heterocycles. The van der Waals surface area contributed by atoms with Crippen molar-refractivity contribution in [3.05, 3.63) is 59.1 Å². The van der Waals surface area contributed by atoms with Crippen LogP contribution in [0.3, 0.4) is 0 Å². The van der Waals surface area contributed by atoms with Crippen molar-refractivity contribution in [1.29, 1.82) is 0 Å². The van der Waals surface area contributed by atoms with E-state index in [1.54, 1.807) is 7.11 Å². The molecule has 18 heavy (non-hydrogen) atoms. The van der Waals surface area contributed by atoms with Crippen LogP contribution in [0, 0.1) is 0 Å². The molecule has 0 fully saturated rings. The van der Waals surface area contributed by atoms with E-state index >= 15 is 0 Å². The summed E-state index contributed by atoms with van der Waals surface area (Å²) >= 11 is 5.99. The average Bonchev–Trinajstić information content (AvgIpc) is 2.42. The van der Waals surface area contributed by atoms with Gasteiger partial charge in [0.2, 0.25) is 0 Å². The number of nitrogens with one attached hydrogen (secondary N) is 1. The molecule has 2 nitrogen and oxygen atoms in total. The molecule has 94 valence electrons. The molecule has 2 aromatic rings. The van der Waals surface area contributed by atoms with Crippen molar-refractivity contribution in [3.63, 3.8) is 0 Å². The molecular weight excluding hydrogens is 246 g/mol. The van der Waals surface area contributed by atoms with Gasteiger partial charge in [-0.3, -0.25) is 0 Å². The number of rotatable bonds is 5. The van der Waals surface area contributed by atoms with Crippen LogP contribution in [-0.2, 0) is 6.42 Å². The van der Waals surface area contributed by atoms with E-state index < -0.39 is 0 Å². The van der Waals surface area contributed by atoms with Gasteiger partial charge in [-0.2, -0.15) is 0 Å². The fourth-order valence-corrected chi connectivity index (χ4v) is 1.96. The summed E-state index contributed by atoms with van der Waals surface area (Å²) in [6.07, 6.45) is 0.933. The zero-order valence-corrected chi connectivity index (χ0v) is 11.1. The maximum Gasteiger partial charge on any atom is 0.137 e. The fraction of sp³-hybridized carbons (Fsp3) is 0.200. The summed E-state index contributed by atoms with van der Waals surface area (Å²) in [5.41, 5.74) is 2.35. The third-order valence-corrected chi connectivity index (χ3v) is 3.04. The summed E-state index contributed by atoms with van der Waals surface area (Å²) in [5.74, 6) is 0.730. The summed E-state index contributed by atoms with van der Waals surface area (Å²) in [7, 11) is 1.63. The number of hydrogen-bond donors (Lipinski definition) is 1. The number of para-hydroxylation sites is 1. The van der Waals surface area contributed by atoms with Crippen molar-refractivity contribution in [1.82, 2.24) is 0 Å². The molecule has 0 radical (unpaired) electrons. The van der Waals surface area contributed by atoms with Crippen molar-refractivity contribution in [3.8, 4) is 5.75 Å². The molecular formula is C15H16ClNO. The van der Waals surface area contributed by atoms with Crippen LogP contribution in [0.15, 0.2) is 48.5 Å². The molecule has 1 N–H and O–H groups in total. The molecule has 2 rings (SSSR count). The second-order valence-corrected chi connectivity index (χ2v) is 4.42. The molecule has 0 atom stereocenters. The van der Waals surface area contributed by atoms with Gasteiger partial charge in [-0.15, -0.1) is 0 Å². The number of benzene rings is 2. The number of methoxy groups -OCH3 is 1. The second-order valence-electron chi connectivity index (χ2n) is 4.01. The van der Waals surface area contributed by atoms with Gasteiger partial charge in [0.05, 0.1) is 12.1 Å². The lowest BCUT2D eigenvalue weighted by molar-refractivity contribution is 0.414. The highest BCUT2D eigenvalue weighted by Crippen LogP contribution is 2.25. The molecule has 2 aromatic carbocycles. The van der Waals surface area contributed by atoms with Gasteiger partial charge in [0.25, 0.3) is 0 Å². The lowest BCUT2D eigenvalue weighted by Gasteiger charge is -2.08. The van der Waals surface area contributed by atoms with E-state index in [1.807, 2.05) is 36.4 Å². The Kier molecular flexibility index (Phi) is 4.48. The number of ether oxygens (including phenoxy) is 1. The summed E-state index contributed by atoms with van der Waals surface area (Å²) < 4.78 is 5.20. The minimum atomic E-state index is 0.650. The van der Waals surface area contributed by atoms with Crippen LogP contribution in [0.5, 0.6) is 5.75 Å².